The Balaban J connectivity index is 1.72. The number of anilines is 1. The lowest BCUT2D eigenvalue weighted by Gasteiger charge is -2.39. The molecule has 2 aromatic rings. The van der Waals surface area contributed by atoms with Crippen LogP contribution in [0.25, 0.3) is 0 Å². The summed E-state index contributed by atoms with van der Waals surface area (Å²) in [4.78, 5) is 27.3. The van der Waals surface area contributed by atoms with Gasteiger partial charge in [0.1, 0.15) is 5.75 Å². The number of amides is 2. The Morgan fingerprint density at radius 1 is 1.11 bits per heavy atom. The number of benzene rings is 2. The molecular weight excluding hydrogens is 376 g/mol. The highest BCUT2D eigenvalue weighted by Crippen LogP contribution is 2.26. The molecule has 1 aliphatic rings. The van der Waals surface area contributed by atoms with Crippen molar-refractivity contribution in [2.24, 2.45) is 0 Å². The Morgan fingerprint density at radius 3 is 2.46 bits per heavy atom. The zero-order valence-corrected chi connectivity index (χ0v) is 16.9. The molecule has 148 valence electrons. The van der Waals surface area contributed by atoms with Crippen LogP contribution in [0.5, 0.6) is 5.75 Å². The molecule has 1 aliphatic heterocycles. The molecule has 0 spiro atoms. The molecule has 0 saturated carbocycles. The fourth-order valence-corrected chi connectivity index (χ4v) is 3.82. The zero-order valence-electron chi connectivity index (χ0n) is 16.2. The average Bonchev–Trinajstić information content (AvgIpc) is 2.67. The van der Waals surface area contributed by atoms with E-state index in [0.29, 0.717) is 22.0 Å². The summed E-state index contributed by atoms with van der Waals surface area (Å²) in [5, 5.41) is 3.24. The summed E-state index contributed by atoms with van der Waals surface area (Å²) in [5.74, 6) is -0.0663. The lowest BCUT2D eigenvalue weighted by atomic mass is 9.97. The predicted octanol–water partition coefficient (Wildman–Crippen LogP) is 4.76. The van der Waals surface area contributed by atoms with Gasteiger partial charge in [-0.15, -0.1) is 0 Å². The number of likely N-dealkylation sites (tertiary alicyclic amines) is 1. The average molecular weight is 401 g/mol. The highest BCUT2D eigenvalue weighted by molar-refractivity contribution is 6.31. The lowest BCUT2D eigenvalue weighted by molar-refractivity contribution is -0.139. The molecule has 1 heterocycles. The summed E-state index contributed by atoms with van der Waals surface area (Å²) in [6, 6.07) is 14.4. The van der Waals surface area contributed by atoms with E-state index in [9.17, 15) is 9.59 Å². The standard InChI is InChI=1S/C22H25ClN2O3/c1-15-7-6-8-16(2)25(15)21(26)14-28-20-12-11-17(23)13-19(20)22(27)24-18-9-4-3-5-10-18/h3-5,9-13,15-16H,6-8,14H2,1-2H3,(H,24,27)/t15-,16-/m1/s1. The van der Waals surface area contributed by atoms with Crippen LogP contribution >= 0.6 is 11.6 Å². The molecular formula is C22H25ClN2O3. The number of rotatable bonds is 5. The van der Waals surface area contributed by atoms with Crippen molar-refractivity contribution in [1.82, 2.24) is 4.90 Å². The highest BCUT2D eigenvalue weighted by atomic mass is 35.5. The van der Waals surface area contributed by atoms with Gasteiger partial charge in [0.25, 0.3) is 11.8 Å². The molecule has 0 aliphatic carbocycles. The van der Waals surface area contributed by atoms with E-state index in [1.165, 1.54) is 0 Å². The van der Waals surface area contributed by atoms with Gasteiger partial charge in [0.05, 0.1) is 5.56 Å². The number of piperidine rings is 1. The minimum Gasteiger partial charge on any atom is -0.483 e. The zero-order chi connectivity index (χ0) is 20.1. The fraction of sp³-hybridized carbons (Fsp3) is 0.364. The molecule has 2 amide bonds. The fourth-order valence-electron chi connectivity index (χ4n) is 3.65. The van der Waals surface area contributed by atoms with Gasteiger partial charge in [0, 0.05) is 22.8 Å². The number of hydrogen-bond donors (Lipinski definition) is 1. The van der Waals surface area contributed by atoms with Gasteiger partial charge in [-0.2, -0.15) is 0 Å². The first-order chi connectivity index (χ1) is 13.5. The third-order valence-electron chi connectivity index (χ3n) is 5.05. The van der Waals surface area contributed by atoms with Crippen LogP contribution in [0.4, 0.5) is 5.69 Å². The third kappa shape index (κ3) is 4.84. The van der Waals surface area contributed by atoms with Crippen molar-refractivity contribution in [3.05, 3.63) is 59.1 Å². The maximum Gasteiger partial charge on any atom is 0.260 e. The molecule has 1 N–H and O–H groups in total. The van der Waals surface area contributed by atoms with E-state index in [1.54, 1.807) is 30.3 Å². The van der Waals surface area contributed by atoms with Crippen LogP contribution in [0.1, 0.15) is 43.5 Å². The monoisotopic (exact) mass is 400 g/mol. The van der Waals surface area contributed by atoms with Gasteiger partial charge in [-0.1, -0.05) is 29.8 Å². The van der Waals surface area contributed by atoms with E-state index >= 15 is 0 Å². The minimum absolute atomic E-state index is 0.0657. The molecule has 1 saturated heterocycles. The van der Waals surface area contributed by atoms with Crippen LogP contribution in [-0.4, -0.2) is 35.4 Å². The maximum atomic E-state index is 12.7. The van der Waals surface area contributed by atoms with Crippen LogP contribution in [0.2, 0.25) is 5.02 Å². The van der Waals surface area contributed by atoms with E-state index in [2.05, 4.69) is 19.2 Å². The Morgan fingerprint density at radius 2 is 1.79 bits per heavy atom. The molecule has 0 unspecified atom stereocenters. The molecule has 5 nitrogen and oxygen atoms in total. The first kappa shape index (κ1) is 20.2. The Bertz CT molecular complexity index is 831. The Labute approximate surface area is 170 Å². The first-order valence-electron chi connectivity index (χ1n) is 9.55. The number of halogens is 1. The second-order valence-electron chi connectivity index (χ2n) is 7.18. The highest BCUT2D eigenvalue weighted by Gasteiger charge is 2.29. The first-order valence-corrected chi connectivity index (χ1v) is 9.93. The predicted molar refractivity (Wildman–Crippen MR) is 111 cm³/mol. The van der Waals surface area contributed by atoms with Crippen molar-refractivity contribution in [2.75, 3.05) is 11.9 Å². The second-order valence-corrected chi connectivity index (χ2v) is 7.62. The molecule has 6 heteroatoms. The lowest BCUT2D eigenvalue weighted by Crippen LogP contribution is -2.49. The van der Waals surface area contributed by atoms with Crippen molar-refractivity contribution in [3.63, 3.8) is 0 Å². The van der Waals surface area contributed by atoms with Crippen LogP contribution < -0.4 is 10.1 Å². The summed E-state index contributed by atoms with van der Waals surface area (Å²) in [6.07, 6.45) is 3.14. The van der Waals surface area contributed by atoms with Crippen molar-refractivity contribution in [3.8, 4) is 5.75 Å². The van der Waals surface area contributed by atoms with Gasteiger partial charge >= 0.3 is 0 Å². The van der Waals surface area contributed by atoms with E-state index < -0.39 is 0 Å². The summed E-state index contributed by atoms with van der Waals surface area (Å²) in [5.41, 5.74) is 0.967. The van der Waals surface area contributed by atoms with E-state index in [4.69, 9.17) is 16.3 Å². The number of carbonyl (C=O) groups is 2. The van der Waals surface area contributed by atoms with Gasteiger partial charge in [0.2, 0.25) is 0 Å². The third-order valence-corrected chi connectivity index (χ3v) is 5.29. The smallest absolute Gasteiger partial charge is 0.260 e. The van der Waals surface area contributed by atoms with E-state index in [1.807, 2.05) is 23.1 Å². The normalized spacial score (nSPS) is 19.2. The number of para-hydroxylation sites is 1. The molecule has 1 fully saturated rings. The molecule has 0 radical (unpaired) electrons. The number of nitrogens with zero attached hydrogens (tertiary/aromatic N) is 1. The van der Waals surface area contributed by atoms with Gasteiger partial charge < -0.3 is 15.0 Å². The maximum absolute atomic E-state index is 12.7. The summed E-state index contributed by atoms with van der Waals surface area (Å²) in [6.45, 7) is 4.02. The SMILES string of the molecule is C[C@@H]1CCC[C@@H](C)N1C(=O)COc1ccc(Cl)cc1C(=O)Nc1ccccc1. The molecule has 0 bridgehead atoms. The Kier molecular flexibility index (Phi) is 6.57. The van der Waals surface area contributed by atoms with Gasteiger partial charge in [-0.05, 0) is 63.4 Å². The molecule has 2 aromatic carbocycles. The summed E-state index contributed by atoms with van der Waals surface area (Å²) in [7, 11) is 0. The largest absolute Gasteiger partial charge is 0.483 e. The van der Waals surface area contributed by atoms with E-state index in [0.717, 1.165) is 19.3 Å². The molecule has 0 aromatic heterocycles. The molecule has 2 atom stereocenters. The number of hydrogen-bond acceptors (Lipinski definition) is 3. The Hall–Kier alpha value is -2.53. The van der Waals surface area contributed by atoms with Crippen molar-refractivity contribution in [1.29, 1.82) is 0 Å². The van der Waals surface area contributed by atoms with Crippen LogP contribution in [0.15, 0.2) is 48.5 Å². The summed E-state index contributed by atoms with van der Waals surface area (Å²) >= 11 is 6.08. The van der Waals surface area contributed by atoms with Gasteiger partial charge in [0.15, 0.2) is 6.61 Å². The van der Waals surface area contributed by atoms with Crippen LogP contribution in [0.3, 0.4) is 0 Å². The topological polar surface area (TPSA) is 58.6 Å². The number of carbonyl (C=O) groups excluding carboxylic acids is 2. The number of nitrogens with one attached hydrogen (secondary N) is 1. The number of ether oxygens (including phenoxy) is 1. The van der Waals surface area contributed by atoms with Crippen molar-refractivity contribution >= 4 is 29.1 Å². The van der Waals surface area contributed by atoms with Gasteiger partial charge in [-0.3, -0.25) is 9.59 Å². The second kappa shape index (κ2) is 9.11. The quantitative estimate of drug-likeness (QED) is 0.787. The van der Waals surface area contributed by atoms with Gasteiger partial charge in [-0.25, -0.2) is 0 Å². The molecule has 3 rings (SSSR count). The summed E-state index contributed by atoms with van der Waals surface area (Å²) < 4.78 is 5.75. The molecule has 28 heavy (non-hydrogen) atoms. The van der Waals surface area contributed by atoms with E-state index in [-0.39, 0.29) is 30.5 Å². The van der Waals surface area contributed by atoms with Crippen molar-refractivity contribution in [2.45, 2.75) is 45.2 Å². The van der Waals surface area contributed by atoms with Crippen LogP contribution in [0, 0.1) is 0 Å². The van der Waals surface area contributed by atoms with Crippen LogP contribution in [-0.2, 0) is 4.79 Å². The van der Waals surface area contributed by atoms with Crippen molar-refractivity contribution < 1.29 is 14.3 Å². The minimum atomic E-state index is -0.337.